The summed E-state index contributed by atoms with van der Waals surface area (Å²) in [5.41, 5.74) is 6.30. The van der Waals surface area contributed by atoms with E-state index in [4.69, 9.17) is 62.6 Å². The van der Waals surface area contributed by atoms with Gasteiger partial charge in [-0.25, -0.2) is 24.2 Å². The number of carbonyl (C=O) groups is 5. The van der Waals surface area contributed by atoms with E-state index in [0.29, 0.717) is 102 Å². The van der Waals surface area contributed by atoms with Gasteiger partial charge in [0.15, 0.2) is 6.29 Å². The van der Waals surface area contributed by atoms with Crippen LogP contribution in [0.25, 0.3) is 0 Å². The number of esters is 4. The van der Waals surface area contributed by atoms with Gasteiger partial charge < -0.3 is 73.2 Å². The van der Waals surface area contributed by atoms with E-state index in [1.54, 1.807) is 19.9 Å². The predicted molar refractivity (Wildman–Crippen MR) is 581 cm³/mol. The van der Waals surface area contributed by atoms with E-state index >= 15 is 0 Å². The van der Waals surface area contributed by atoms with Crippen LogP contribution >= 0.6 is 0 Å². The fourth-order valence-electron chi connectivity index (χ4n) is 17.2. The highest BCUT2D eigenvalue weighted by Gasteiger charge is 2.27. The first kappa shape index (κ1) is 141. The van der Waals surface area contributed by atoms with Crippen molar-refractivity contribution in [1.82, 2.24) is 10.6 Å². The third kappa shape index (κ3) is 101. The van der Waals surface area contributed by atoms with Gasteiger partial charge in [-0.15, -0.1) is 0 Å². The van der Waals surface area contributed by atoms with Gasteiger partial charge in [-0.3, -0.25) is 9.59 Å². The minimum Gasteiger partial charge on any atom is -0.463 e. The lowest BCUT2D eigenvalue weighted by Crippen LogP contribution is -2.44. The molecule has 0 aromatic heterocycles. The van der Waals surface area contributed by atoms with Crippen LogP contribution in [-0.2, 0) is 80.8 Å². The lowest BCUT2D eigenvalue weighted by atomic mass is 9.97. The Hall–Kier alpha value is -4.35. The van der Waals surface area contributed by atoms with Gasteiger partial charge >= 0.3 is 29.9 Å². The number of urea groups is 1. The van der Waals surface area contributed by atoms with Crippen LogP contribution in [0.2, 0.25) is 0 Å². The number of hydrogen-bond donors (Lipinski definition) is 3. The van der Waals surface area contributed by atoms with Crippen molar-refractivity contribution in [3.8, 4) is 0 Å². The van der Waals surface area contributed by atoms with E-state index < -0.39 is 18.1 Å². The molecule has 0 aliphatic rings. The summed E-state index contributed by atoms with van der Waals surface area (Å²) in [6.07, 6.45) is 79.5. The summed E-state index contributed by atoms with van der Waals surface area (Å²) in [6, 6.07) is -0.203. The van der Waals surface area contributed by atoms with E-state index in [1.807, 2.05) is 27.7 Å². The zero-order valence-corrected chi connectivity index (χ0v) is 94.2. The first-order valence-corrected chi connectivity index (χ1v) is 58.2. The topological polar surface area (TPSA) is 276 Å². The Morgan fingerprint density at radius 2 is 0.590 bits per heavy atom. The molecule has 0 saturated carbocycles. The number of unbranched alkanes of at least 4 members (excludes halogenated alkanes) is 35. The first-order valence-electron chi connectivity index (χ1n) is 58.2. The molecule has 0 spiro atoms. The molecule has 0 heterocycles. The zero-order chi connectivity index (χ0) is 104. The predicted octanol–water partition coefficient (Wildman–Crippen LogP) is 31.5. The summed E-state index contributed by atoms with van der Waals surface area (Å²) in [5.74, 6) is -2.18. The number of isocyanates is 1. The van der Waals surface area contributed by atoms with E-state index in [9.17, 15) is 28.8 Å². The molecule has 22 nitrogen and oxygen atoms in total. The van der Waals surface area contributed by atoms with Gasteiger partial charge in [0.05, 0.1) is 107 Å². The molecule has 0 bridgehead atoms. The molecule has 12 unspecified atom stereocenters. The van der Waals surface area contributed by atoms with Gasteiger partial charge in [0.1, 0.15) is 26.0 Å². The Morgan fingerprint density at radius 3 is 0.942 bits per heavy atom. The van der Waals surface area contributed by atoms with Crippen LogP contribution in [0.4, 0.5) is 4.79 Å². The van der Waals surface area contributed by atoms with Crippen molar-refractivity contribution in [3.05, 3.63) is 24.3 Å². The van der Waals surface area contributed by atoms with Crippen molar-refractivity contribution in [2.75, 3.05) is 79.1 Å². The van der Waals surface area contributed by atoms with Gasteiger partial charge in [0.25, 0.3) is 0 Å². The largest absolute Gasteiger partial charge is 0.463 e. The van der Waals surface area contributed by atoms with Crippen LogP contribution in [0, 0.1) is 11.8 Å². The van der Waals surface area contributed by atoms with E-state index in [0.717, 1.165) is 154 Å². The fraction of sp³-hybridized carbons (Fsp3) is 0.915. The third-order valence-corrected chi connectivity index (χ3v) is 25.6. The van der Waals surface area contributed by atoms with Gasteiger partial charge in [0.2, 0.25) is 6.08 Å². The Bertz CT molecular complexity index is 2710. The Kier molecular flexibility index (Phi) is 112. The highest BCUT2D eigenvalue weighted by molar-refractivity contribution is 5.87. The quantitative estimate of drug-likeness (QED) is 0.00970. The van der Waals surface area contributed by atoms with E-state index in [-0.39, 0.29) is 73.3 Å². The summed E-state index contributed by atoms with van der Waals surface area (Å²) in [4.78, 5) is 74.8. The lowest BCUT2D eigenvalue weighted by molar-refractivity contribution is -0.190. The molecule has 12 atom stereocenters. The summed E-state index contributed by atoms with van der Waals surface area (Å²) in [7, 11) is 0. The monoisotopic (exact) mass is 1980 g/mol. The molecule has 0 rings (SSSR count). The number of ether oxygens (including phenoxy) is 12. The molecule has 4 N–H and O–H groups in total. The Morgan fingerprint density at radius 1 is 0.309 bits per heavy atom. The van der Waals surface area contributed by atoms with Gasteiger partial charge in [-0.2, -0.15) is 0 Å². The van der Waals surface area contributed by atoms with Crippen molar-refractivity contribution in [1.29, 1.82) is 0 Å². The molecular formula is C117H228N4O18. The lowest BCUT2D eigenvalue weighted by Gasteiger charge is -2.24. The Labute approximate surface area is 856 Å². The molecule has 0 aromatic carbocycles. The smallest absolute Gasteiger partial charge is 0.333 e. The van der Waals surface area contributed by atoms with E-state index in [1.165, 1.54) is 263 Å². The fourth-order valence-corrected chi connectivity index (χ4v) is 17.2. The van der Waals surface area contributed by atoms with Crippen LogP contribution in [0.1, 0.15) is 542 Å². The minimum absolute atomic E-state index is 0.0525. The van der Waals surface area contributed by atoms with Gasteiger partial charge in [-0.05, 0) is 137 Å². The molecule has 0 radical (unpaired) electrons. The number of hydrogen-bond acceptors (Lipinski definition) is 20. The number of nitrogens with two attached hydrogens (primary N) is 1. The SMILES string of the molecule is C=C(C)C(=O)OCCOC(CC)CCCCCCCCCCCC(CCC)OCCN=C=O.C=C(C)C(=O)OCCOC(CCC)CCCCCCCCC.CCCCCCCC(CCC)OCCN.CCCCCCCC(CCCCC)OCCOC(=O)C(C)CC(C)C(=O)OC(C)OC(CCCC)CCCCCCCCCC(CCCC)OC(C)NC(=O)NCCOC(CCCC)CCCCC. The molecule has 0 aliphatic carbocycles. The number of aliphatic imine (C=N–C) groups is 1. The maximum Gasteiger partial charge on any atom is 0.333 e. The molecule has 824 valence electrons. The number of nitrogens with one attached hydrogen (secondary N) is 2. The van der Waals surface area contributed by atoms with Crippen LogP contribution in [-0.4, -0.2) is 176 Å². The molecular weight excluding hydrogens is 1750 g/mol. The van der Waals surface area contributed by atoms with Gasteiger partial charge in [-0.1, -0.05) is 418 Å². The maximum atomic E-state index is 13.1. The second kappa shape index (κ2) is 111. The summed E-state index contributed by atoms with van der Waals surface area (Å²) in [5, 5.41) is 5.93. The van der Waals surface area contributed by atoms with Crippen LogP contribution in [0.15, 0.2) is 29.3 Å². The molecule has 22 heteroatoms. The second-order valence-corrected chi connectivity index (χ2v) is 39.6. The second-order valence-electron chi connectivity index (χ2n) is 39.6. The maximum absolute atomic E-state index is 13.1. The molecule has 0 aliphatic heterocycles. The normalized spacial score (nSPS) is 13.9. The molecule has 0 aromatic rings. The summed E-state index contributed by atoms with van der Waals surface area (Å²) in [6.45, 7) is 49.9. The number of nitrogens with zero attached hydrogens (tertiary/aromatic N) is 1. The van der Waals surface area contributed by atoms with Crippen molar-refractivity contribution in [2.45, 2.75) is 603 Å². The average Bonchev–Trinajstić information content (AvgIpc) is 0.901. The van der Waals surface area contributed by atoms with Crippen molar-refractivity contribution >= 4 is 36.0 Å². The highest BCUT2D eigenvalue weighted by atomic mass is 16.7. The van der Waals surface area contributed by atoms with Crippen molar-refractivity contribution < 1.29 is 85.6 Å². The summed E-state index contributed by atoms with van der Waals surface area (Å²) >= 11 is 0. The molecule has 0 saturated heterocycles. The number of rotatable bonds is 101. The Balaban J connectivity index is -0.00000106. The molecule has 0 fully saturated rings. The number of carbonyl (C=O) groups excluding carboxylic acids is 6. The molecule has 139 heavy (non-hydrogen) atoms. The van der Waals surface area contributed by atoms with Crippen LogP contribution in [0.5, 0.6) is 0 Å². The molecule has 2 amide bonds. The number of amides is 2. The van der Waals surface area contributed by atoms with Crippen LogP contribution < -0.4 is 16.4 Å². The van der Waals surface area contributed by atoms with Crippen molar-refractivity contribution in [2.24, 2.45) is 22.6 Å². The summed E-state index contributed by atoms with van der Waals surface area (Å²) < 4.78 is 69.6. The van der Waals surface area contributed by atoms with E-state index in [2.05, 4.69) is 112 Å². The third-order valence-electron chi connectivity index (χ3n) is 25.6. The van der Waals surface area contributed by atoms with Gasteiger partial charge in [0, 0.05) is 24.2 Å². The first-order chi connectivity index (χ1) is 67.4. The van der Waals surface area contributed by atoms with Crippen LogP contribution in [0.3, 0.4) is 0 Å². The minimum atomic E-state index is -0.641. The highest BCUT2D eigenvalue weighted by Crippen LogP contribution is 2.26. The average molecular weight is 1980 g/mol. The zero-order valence-electron chi connectivity index (χ0n) is 94.2. The standard InChI is InChI=1S/C58H114N2O9.C27H49NO5.C19H36O3.C13H29NO/c1-11-17-23-27-32-40-53(39-31-19-13-3)65-45-46-66-56(61)48(7)47-49(8)57(62)69-51(10)68-55(37-22-16-6)42-34-29-26-24-25-28-33-41-54(36-21-15-5)67-50(9)60-58(63)59-43-44-64-52(35-20-14-4)38-30-18-12-2;1-5-16-26(31-20-19-28-23-29)18-15-13-11-9-7-8-10-12-14-17-25(6-2)32-21-22-33-27(30)24(3)4;1-5-7-8-9-10-11-12-14-18(13-6-2)21-15-16-22-19(20)17(3)4;1-3-5-6-7-8-10-13(9-4-2)15-12-11-14/h48-55H,11-47H2,1-10H3,(H2,59,60,63);25-26H,3,5-22H2,1-2,4H3;18H,3,5-16H2,1-2,4H3;13H,3-12,14H2,1-2H3. The van der Waals surface area contributed by atoms with Crippen molar-refractivity contribution in [3.63, 3.8) is 0 Å².